The van der Waals surface area contributed by atoms with E-state index >= 15 is 0 Å². The number of rotatable bonds is 2. The van der Waals surface area contributed by atoms with Crippen LogP contribution in [0.4, 0.5) is 5.82 Å². The summed E-state index contributed by atoms with van der Waals surface area (Å²) in [6, 6.07) is 3.95. The number of anilines is 1. The molecule has 0 aromatic carbocycles. The fourth-order valence-corrected chi connectivity index (χ4v) is 2.53. The lowest BCUT2D eigenvalue weighted by Crippen LogP contribution is -2.33. The van der Waals surface area contributed by atoms with Gasteiger partial charge in [0.1, 0.15) is 5.82 Å². The molecular weight excluding hydrogens is 208 g/mol. The summed E-state index contributed by atoms with van der Waals surface area (Å²) in [5, 5.41) is 9.37. The first-order valence-electron chi connectivity index (χ1n) is 5.24. The van der Waals surface area contributed by atoms with Crippen LogP contribution in [-0.4, -0.2) is 34.7 Å². The van der Waals surface area contributed by atoms with Gasteiger partial charge < -0.3 is 10.0 Å². The Bertz CT molecular complexity index is 307. The summed E-state index contributed by atoms with van der Waals surface area (Å²) in [5.74, 6) is 3.39. The first-order valence-corrected chi connectivity index (χ1v) is 6.39. The third-order valence-electron chi connectivity index (χ3n) is 2.59. The molecule has 15 heavy (non-hydrogen) atoms. The molecule has 0 amide bonds. The molecule has 1 fully saturated rings. The molecule has 1 aromatic heterocycles. The summed E-state index contributed by atoms with van der Waals surface area (Å²) in [7, 11) is 0. The molecule has 0 radical (unpaired) electrons. The zero-order chi connectivity index (χ0) is 10.7. The van der Waals surface area contributed by atoms with Gasteiger partial charge in [-0.1, -0.05) is 6.07 Å². The molecule has 1 aliphatic heterocycles. The number of hydrogen-bond donors (Lipinski definition) is 1. The van der Waals surface area contributed by atoms with Crippen LogP contribution in [0, 0.1) is 0 Å². The molecule has 1 saturated heterocycles. The molecule has 0 saturated carbocycles. The number of thioether (sulfide) groups is 1. The summed E-state index contributed by atoms with van der Waals surface area (Å²) in [6.45, 7) is 3.91. The minimum atomic E-state index is -0.427. The normalized spacial score (nSPS) is 18.9. The van der Waals surface area contributed by atoms with E-state index in [2.05, 4.69) is 9.88 Å². The van der Waals surface area contributed by atoms with E-state index in [1.807, 2.05) is 23.9 Å². The fraction of sp³-hybridized carbons (Fsp3) is 0.545. The predicted octanol–water partition coefficient (Wildman–Crippen LogP) is 1.69. The third kappa shape index (κ3) is 2.63. The molecular formula is C11H16N2OS. The van der Waals surface area contributed by atoms with Gasteiger partial charge >= 0.3 is 0 Å². The quantitative estimate of drug-likeness (QED) is 0.829. The van der Waals surface area contributed by atoms with E-state index in [0.29, 0.717) is 0 Å². The van der Waals surface area contributed by atoms with Crippen molar-refractivity contribution >= 4 is 17.6 Å². The van der Waals surface area contributed by atoms with Gasteiger partial charge in [0.2, 0.25) is 0 Å². The molecule has 2 heterocycles. The first kappa shape index (κ1) is 10.8. The van der Waals surface area contributed by atoms with Gasteiger partial charge in [0.05, 0.1) is 6.10 Å². The molecule has 1 aliphatic rings. The van der Waals surface area contributed by atoms with Crippen LogP contribution in [0.3, 0.4) is 0 Å². The molecule has 0 aliphatic carbocycles. The number of hydrogen-bond acceptors (Lipinski definition) is 4. The van der Waals surface area contributed by atoms with Crippen LogP contribution >= 0.6 is 11.8 Å². The van der Waals surface area contributed by atoms with E-state index < -0.39 is 6.10 Å². The van der Waals surface area contributed by atoms with Crippen LogP contribution in [0.1, 0.15) is 18.6 Å². The maximum Gasteiger partial charge on any atom is 0.128 e. The molecule has 82 valence electrons. The fourth-order valence-electron chi connectivity index (χ4n) is 1.62. The lowest BCUT2D eigenvalue weighted by atomic mass is 10.2. The van der Waals surface area contributed by atoms with E-state index in [-0.39, 0.29) is 0 Å². The van der Waals surface area contributed by atoms with Crippen molar-refractivity contribution in [2.24, 2.45) is 0 Å². The molecule has 1 atom stereocenters. The van der Waals surface area contributed by atoms with Crippen molar-refractivity contribution in [1.82, 2.24) is 4.98 Å². The van der Waals surface area contributed by atoms with Crippen LogP contribution in [0.2, 0.25) is 0 Å². The van der Waals surface area contributed by atoms with Crippen molar-refractivity contribution < 1.29 is 5.11 Å². The molecule has 0 unspecified atom stereocenters. The summed E-state index contributed by atoms with van der Waals surface area (Å²) < 4.78 is 0. The van der Waals surface area contributed by atoms with E-state index in [0.717, 1.165) is 24.5 Å². The van der Waals surface area contributed by atoms with Crippen molar-refractivity contribution in [3.63, 3.8) is 0 Å². The summed E-state index contributed by atoms with van der Waals surface area (Å²) >= 11 is 1.99. The predicted molar refractivity (Wildman–Crippen MR) is 64.4 cm³/mol. The van der Waals surface area contributed by atoms with Crippen LogP contribution in [0.25, 0.3) is 0 Å². The van der Waals surface area contributed by atoms with Crippen molar-refractivity contribution in [2.45, 2.75) is 13.0 Å². The van der Waals surface area contributed by atoms with E-state index in [9.17, 15) is 5.11 Å². The lowest BCUT2D eigenvalue weighted by Gasteiger charge is -2.27. The Morgan fingerprint density at radius 3 is 2.67 bits per heavy atom. The molecule has 4 heteroatoms. The second-order valence-corrected chi connectivity index (χ2v) is 4.95. The largest absolute Gasteiger partial charge is 0.389 e. The van der Waals surface area contributed by atoms with Gasteiger partial charge in [0, 0.05) is 30.8 Å². The Kier molecular flexibility index (Phi) is 3.49. The highest BCUT2D eigenvalue weighted by atomic mass is 32.2. The third-order valence-corrected chi connectivity index (χ3v) is 3.53. The maximum absolute atomic E-state index is 9.37. The SMILES string of the molecule is C[C@@H](O)c1ccc(N2CCSCC2)nc1. The highest BCUT2D eigenvalue weighted by molar-refractivity contribution is 7.99. The van der Waals surface area contributed by atoms with Crippen molar-refractivity contribution in [3.8, 4) is 0 Å². The van der Waals surface area contributed by atoms with Crippen molar-refractivity contribution in [2.75, 3.05) is 29.5 Å². The standard InChI is InChI=1S/C11H16N2OS/c1-9(14)10-2-3-11(12-8-10)13-4-6-15-7-5-13/h2-3,8-9,14H,4-7H2,1H3/t9-/m1/s1. The molecule has 1 aromatic rings. The molecule has 3 nitrogen and oxygen atoms in total. The van der Waals surface area contributed by atoms with Gasteiger partial charge in [-0.2, -0.15) is 11.8 Å². The maximum atomic E-state index is 9.37. The molecule has 0 spiro atoms. The summed E-state index contributed by atoms with van der Waals surface area (Å²) in [4.78, 5) is 6.67. The summed E-state index contributed by atoms with van der Waals surface area (Å²) in [5.41, 5.74) is 0.880. The summed E-state index contributed by atoms with van der Waals surface area (Å²) in [6.07, 6.45) is 1.34. The van der Waals surface area contributed by atoms with E-state index in [4.69, 9.17) is 0 Å². The Morgan fingerprint density at radius 1 is 1.40 bits per heavy atom. The zero-order valence-electron chi connectivity index (χ0n) is 8.89. The Hall–Kier alpha value is -0.740. The van der Waals surface area contributed by atoms with Gasteiger partial charge in [-0.15, -0.1) is 0 Å². The number of aromatic nitrogens is 1. The highest BCUT2D eigenvalue weighted by Crippen LogP contribution is 2.19. The van der Waals surface area contributed by atoms with Crippen LogP contribution < -0.4 is 4.90 Å². The van der Waals surface area contributed by atoms with E-state index in [1.165, 1.54) is 11.5 Å². The zero-order valence-corrected chi connectivity index (χ0v) is 9.70. The van der Waals surface area contributed by atoms with Gasteiger partial charge in [0.15, 0.2) is 0 Å². The van der Waals surface area contributed by atoms with Crippen molar-refractivity contribution in [3.05, 3.63) is 23.9 Å². The first-order chi connectivity index (χ1) is 7.27. The van der Waals surface area contributed by atoms with Crippen LogP contribution in [0.5, 0.6) is 0 Å². The molecule has 2 rings (SSSR count). The second kappa shape index (κ2) is 4.86. The Balaban J connectivity index is 2.08. The minimum absolute atomic E-state index is 0.427. The second-order valence-electron chi connectivity index (χ2n) is 3.73. The number of aliphatic hydroxyl groups is 1. The van der Waals surface area contributed by atoms with Gasteiger partial charge in [0.25, 0.3) is 0 Å². The Labute approximate surface area is 94.5 Å². The van der Waals surface area contributed by atoms with Crippen molar-refractivity contribution in [1.29, 1.82) is 0 Å². The van der Waals surface area contributed by atoms with E-state index in [1.54, 1.807) is 13.1 Å². The van der Waals surface area contributed by atoms with Gasteiger partial charge in [-0.05, 0) is 18.6 Å². The molecule has 1 N–H and O–H groups in total. The van der Waals surface area contributed by atoms with Crippen LogP contribution in [-0.2, 0) is 0 Å². The number of pyridine rings is 1. The number of aliphatic hydroxyl groups excluding tert-OH is 1. The highest BCUT2D eigenvalue weighted by Gasteiger charge is 2.12. The smallest absolute Gasteiger partial charge is 0.128 e. The lowest BCUT2D eigenvalue weighted by molar-refractivity contribution is 0.199. The van der Waals surface area contributed by atoms with Gasteiger partial charge in [-0.3, -0.25) is 0 Å². The van der Waals surface area contributed by atoms with Crippen LogP contribution in [0.15, 0.2) is 18.3 Å². The Morgan fingerprint density at radius 2 is 2.13 bits per heavy atom. The minimum Gasteiger partial charge on any atom is -0.389 e. The number of nitrogens with zero attached hydrogens (tertiary/aromatic N) is 2. The average molecular weight is 224 g/mol. The molecule has 0 bridgehead atoms. The monoisotopic (exact) mass is 224 g/mol. The topological polar surface area (TPSA) is 36.4 Å². The average Bonchev–Trinajstić information content (AvgIpc) is 2.30. The van der Waals surface area contributed by atoms with Gasteiger partial charge in [-0.25, -0.2) is 4.98 Å².